The topological polar surface area (TPSA) is 17.8 Å². The maximum atomic E-state index is 6.31. The van der Waals surface area contributed by atoms with E-state index in [9.17, 15) is 0 Å². The third kappa shape index (κ3) is 3.51. The molecule has 0 bridgehead atoms. The van der Waals surface area contributed by atoms with Crippen molar-refractivity contribution in [1.82, 2.24) is 9.55 Å². The van der Waals surface area contributed by atoms with Gasteiger partial charge in [0.1, 0.15) is 5.82 Å². The van der Waals surface area contributed by atoms with Crippen LogP contribution in [0.1, 0.15) is 29.9 Å². The molecule has 1 unspecified atom stereocenters. The molecule has 1 heterocycles. The first-order valence-electron chi connectivity index (χ1n) is 8.79. The van der Waals surface area contributed by atoms with Crippen LogP contribution in [-0.4, -0.2) is 9.55 Å². The zero-order chi connectivity index (χ0) is 18.8. The molecule has 1 atom stereocenters. The molecule has 27 heavy (non-hydrogen) atoms. The molecule has 0 fully saturated rings. The number of fused-ring (bicyclic) bond motifs is 1. The fourth-order valence-electron chi connectivity index (χ4n) is 3.30. The first-order chi connectivity index (χ1) is 13.1. The van der Waals surface area contributed by atoms with E-state index in [4.69, 9.17) is 28.2 Å². The highest BCUT2D eigenvalue weighted by molar-refractivity contribution is 6.37. The van der Waals surface area contributed by atoms with Crippen LogP contribution in [0.5, 0.6) is 0 Å². The van der Waals surface area contributed by atoms with Crippen LogP contribution in [0.3, 0.4) is 0 Å². The summed E-state index contributed by atoms with van der Waals surface area (Å²) in [7, 11) is 0. The second-order valence-corrected chi connectivity index (χ2v) is 7.20. The first kappa shape index (κ1) is 17.8. The Kier molecular flexibility index (Phi) is 5.02. The van der Waals surface area contributed by atoms with Crippen LogP contribution in [0.2, 0.25) is 10.0 Å². The zero-order valence-corrected chi connectivity index (χ0v) is 16.3. The molecule has 0 spiro atoms. The number of hydrogen-bond donors (Lipinski definition) is 0. The number of nitrogens with zero attached hydrogens (tertiary/aromatic N) is 2. The van der Waals surface area contributed by atoms with Gasteiger partial charge in [0, 0.05) is 15.6 Å². The molecule has 2 nitrogen and oxygen atoms in total. The second-order valence-electron chi connectivity index (χ2n) is 6.38. The predicted molar refractivity (Wildman–Crippen MR) is 115 cm³/mol. The van der Waals surface area contributed by atoms with Gasteiger partial charge in [0.15, 0.2) is 0 Å². The monoisotopic (exact) mass is 392 g/mol. The Morgan fingerprint density at radius 3 is 2.22 bits per heavy atom. The summed E-state index contributed by atoms with van der Waals surface area (Å²) in [6.45, 7) is 2.18. The summed E-state index contributed by atoms with van der Waals surface area (Å²) in [5.41, 5.74) is 4.09. The molecule has 0 N–H and O–H groups in total. The number of hydrogen-bond acceptors (Lipinski definition) is 1. The number of para-hydroxylation sites is 2. The Morgan fingerprint density at radius 2 is 1.48 bits per heavy atom. The van der Waals surface area contributed by atoms with Crippen LogP contribution < -0.4 is 0 Å². The van der Waals surface area contributed by atoms with Crippen molar-refractivity contribution < 1.29 is 0 Å². The largest absolute Gasteiger partial charge is 0.317 e. The summed E-state index contributed by atoms with van der Waals surface area (Å²) in [6, 6.07) is 24.2. The van der Waals surface area contributed by atoms with Crippen molar-refractivity contribution in [3.63, 3.8) is 0 Å². The van der Waals surface area contributed by atoms with E-state index >= 15 is 0 Å². The summed E-state index contributed by atoms with van der Waals surface area (Å²) in [5.74, 6) is 0.864. The molecule has 0 aliphatic rings. The average Bonchev–Trinajstić information content (AvgIpc) is 3.06. The molecule has 0 aliphatic carbocycles. The normalized spacial score (nSPS) is 12.7. The van der Waals surface area contributed by atoms with Gasteiger partial charge in [0.25, 0.3) is 0 Å². The molecule has 4 aromatic rings. The summed E-state index contributed by atoms with van der Waals surface area (Å²) >= 11 is 12.6. The van der Waals surface area contributed by atoms with Crippen molar-refractivity contribution >= 4 is 46.4 Å². The minimum absolute atomic E-state index is 0.139. The number of imidazole rings is 1. The van der Waals surface area contributed by atoms with Gasteiger partial charge < -0.3 is 4.57 Å². The minimum atomic E-state index is 0.139. The van der Waals surface area contributed by atoms with Gasteiger partial charge in [-0.25, -0.2) is 4.98 Å². The lowest BCUT2D eigenvalue weighted by molar-refractivity contribution is 0.652. The third-order valence-electron chi connectivity index (χ3n) is 4.69. The van der Waals surface area contributed by atoms with Crippen molar-refractivity contribution in [1.29, 1.82) is 0 Å². The summed E-state index contributed by atoms with van der Waals surface area (Å²) < 4.78 is 2.24. The molecule has 4 heteroatoms. The molecular formula is C23H18Cl2N2. The zero-order valence-electron chi connectivity index (χ0n) is 14.8. The van der Waals surface area contributed by atoms with Crippen LogP contribution in [0.4, 0.5) is 0 Å². The Labute approximate surface area is 168 Å². The molecule has 0 aliphatic heterocycles. The highest BCUT2D eigenvalue weighted by atomic mass is 35.5. The van der Waals surface area contributed by atoms with Crippen molar-refractivity contribution in [3.05, 3.63) is 99.8 Å². The van der Waals surface area contributed by atoms with Crippen LogP contribution in [0, 0.1) is 0 Å². The van der Waals surface area contributed by atoms with Crippen LogP contribution in [0.15, 0.2) is 72.8 Å². The van der Waals surface area contributed by atoms with Gasteiger partial charge in [-0.2, -0.15) is 0 Å². The van der Waals surface area contributed by atoms with Crippen molar-refractivity contribution in [2.75, 3.05) is 0 Å². The predicted octanol–water partition coefficient (Wildman–Crippen LogP) is 7.12. The Balaban J connectivity index is 1.85. The van der Waals surface area contributed by atoms with Crippen LogP contribution in [-0.2, 0) is 0 Å². The summed E-state index contributed by atoms with van der Waals surface area (Å²) in [5, 5.41) is 1.25. The van der Waals surface area contributed by atoms with Gasteiger partial charge in [0.2, 0.25) is 0 Å². The van der Waals surface area contributed by atoms with E-state index in [1.807, 2.05) is 54.6 Å². The second kappa shape index (κ2) is 7.59. The Hall–Kier alpha value is -2.55. The lowest BCUT2D eigenvalue weighted by Crippen LogP contribution is -2.08. The molecule has 0 amide bonds. The SMILES string of the molecule is CC(c1ccccc1)n1c(/C=C/c2c(Cl)cccc2Cl)nc2ccccc21. The van der Waals surface area contributed by atoms with E-state index in [1.165, 1.54) is 5.56 Å². The van der Waals surface area contributed by atoms with E-state index in [0.29, 0.717) is 10.0 Å². The number of rotatable bonds is 4. The molecule has 1 aromatic heterocycles. The van der Waals surface area contributed by atoms with E-state index in [0.717, 1.165) is 22.4 Å². The fraction of sp³-hybridized carbons (Fsp3) is 0.0870. The van der Waals surface area contributed by atoms with Crippen molar-refractivity contribution in [3.8, 4) is 0 Å². The summed E-state index contributed by atoms with van der Waals surface area (Å²) in [4.78, 5) is 4.82. The lowest BCUT2D eigenvalue weighted by Gasteiger charge is -2.17. The van der Waals surface area contributed by atoms with E-state index in [1.54, 1.807) is 0 Å². The number of benzene rings is 3. The minimum Gasteiger partial charge on any atom is -0.317 e. The third-order valence-corrected chi connectivity index (χ3v) is 5.35. The van der Waals surface area contributed by atoms with Gasteiger partial charge >= 0.3 is 0 Å². The summed E-state index contributed by atoms with van der Waals surface area (Å²) in [6.07, 6.45) is 3.91. The van der Waals surface area contributed by atoms with E-state index in [2.05, 4.69) is 41.8 Å². The van der Waals surface area contributed by atoms with Crippen molar-refractivity contribution in [2.24, 2.45) is 0 Å². The molecular weight excluding hydrogens is 375 g/mol. The lowest BCUT2D eigenvalue weighted by atomic mass is 10.1. The van der Waals surface area contributed by atoms with E-state index < -0.39 is 0 Å². The Bertz CT molecular complexity index is 1090. The smallest absolute Gasteiger partial charge is 0.134 e. The fourth-order valence-corrected chi connectivity index (χ4v) is 3.82. The first-order valence-corrected chi connectivity index (χ1v) is 9.55. The van der Waals surface area contributed by atoms with Crippen LogP contribution >= 0.6 is 23.2 Å². The maximum absolute atomic E-state index is 6.31. The quantitative estimate of drug-likeness (QED) is 0.361. The molecule has 134 valence electrons. The standard InChI is InChI=1S/C23H18Cl2N2/c1-16(17-8-3-2-4-9-17)27-22-13-6-5-12-21(22)26-23(27)15-14-18-19(24)10-7-11-20(18)25/h2-16H,1H3/b15-14+. The number of halogens is 2. The van der Waals surface area contributed by atoms with Gasteiger partial charge in [-0.3, -0.25) is 0 Å². The van der Waals surface area contributed by atoms with Gasteiger partial charge in [-0.1, -0.05) is 71.7 Å². The Morgan fingerprint density at radius 1 is 0.815 bits per heavy atom. The van der Waals surface area contributed by atoms with Gasteiger partial charge in [0.05, 0.1) is 17.1 Å². The molecule has 0 saturated heterocycles. The molecule has 0 radical (unpaired) electrons. The highest BCUT2D eigenvalue weighted by Crippen LogP contribution is 2.29. The molecule has 4 rings (SSSR count). The maximum Gasteiger partial charge on any atom is 0.134 e. The van der Waals surface area contributed by atoms with Gasteiger partial charge in [-0.05, 0) is 48.9 Å². The average molecular weight is 393 g/mol. The molecule has 0 saturated carbocycles. The van der Waals surface area contributed by atoms with Crippen molar-refractivity contribution in [2.45, 2.75) is 13.0 Å². The van der Waals surface area contributed by atoms with E-state index in [-0.39, 0.29) is 6.04 Å². The molecule has 3 aromatic carbocycles. The highest BCUT2D eigenvalue weighted by Gasteiger charge is 2.15. The number of aromatic nitrogens is 2. The van der Waals surface area contributed by atoms with Crippen LogP contribution in [0.25, 0.3) is 23.2 Å². The van der Waals surface area contributed by atoms with Gasteiger partial charge in [-0.15, -0.1) is 0 Å².